The normalized spacial score (nSPS) is 10.2. The van der Waals surface area contributed by atoms with Gasteiger partial charge >= 0.3 is 11.9 Å². The molecule has 4 nitrogen and oxygen atoms in total. The first-order chi connectivity index (χ1) is 14.1. The van der Waals surface area contributed by atoms with Crippen molar-refractivity contribution in [2.45, 2.75) is 122 Å². The molecule has 0 aliphatic heterocycles. The van der Waals surface area contributed by atoms with E-state index in [2.05, 4.69) is 32.3 Å². The first kappa shape index (κ1) is 30.6. The number of halogens is 1. The SMILES string of the molecule is CCCCCCCCCCC(=O)OC.COC(=O)CCCCCCCCCCBr. The Morgan fingerprint density at radius 2 is 0.862 bits per heavy atom. The van der Waals surface area contributed by atoms with E-state index in [9.17, 15) is 9.59 Å². The van der Waals surface area contributed by atoms with E-state index >= 15 is 0 Å². The summed E-state index contributed by atoms with van der Waals surface area (Å²) in [5.41, 5.74) is 0. The molecule has 0 aromatic carbocycles. The van der Waals surface area contributed by atoms with Crippen LogP contribution in [-0.2, 0) is 19.1 Å². The highest BCUT2D eigenvalue weighted by molar-refractivity contribution is 9.09. The molecule has 0 fully saturated rings. The lowest BCUT2D eigenvalue weighted by molar-refractivity contribution is -0.141. The lowest BCUT2D eigenvalue weighted by Crippen LogP contribution is -1.99. The van der Waals surface area contributed by atoms with Gasteiger partial charge < -0.3 is 9.47 Å². The molecule has 174 valence electrons. The van der Waals surface area contributed by atoms with Gasteiger partial charge in [-0.1, -0.05) is 106 Å². The molecule has 0 atom stereocenters. The number of esters is 2. The monoisotopic (exact) mass is 478 g/mol. The van der Waals surface area contributed by atoms with Gasteiger partial charge in [0.1, 0.15) is 0 Å². The van der Waals surface area contributed by atoms with Gasteiger partial charge in [-0.25, -0.2) is 0 Å². The second-order valence-electron chi connectivity index (χ2n) is 7.64. The predicted octanol–water partition coefficient (Wildman–Crippen LogP) is 7.76. The van der Waals surface area contributed by atoms with E-state index in [0.717, 1.165) is 24.6 Å². The van der Waals surface area contributed by atoms with Crippen LogP contribution < -0.4 is 0 Å². The maximum absolute atomic E-state index is 10.8. The molecule has 0 aromatic heterocycles. The van der Waals surface area contributed by atoms with Gasteiger partial charge in [-0.05, 0) is 19.3 Å². The third-order valence-corrected chi connectivity index (χ3v) is 5.52. The van der Waals surface area contributed by atoms with Crippen molar-refractivity contribution in [2.75, 3.05) is 19.5 Å². The van der Waals surface area contributed by atoms with Gasteiger partial charge in [-0.3, -0.25) is 9.59 Å². The lowest BCUT2D eigenvalue weighted by atomic mass is 10.1. The van der Waals surface area contributed by atoms with Crippen LogP contribution in [0.3, 0.4) is 0 Å². The number of rotatable bonds is 19. The molecule has 0 radical (unpaired) electrons. The summed E-state index contributed by atoms with van der Waals surface area (Å²) >= 11 is 3.43. The summed E-state index contributed by atoms with van der Waals surface area (Å²) in [7, 11) is 2.90. The number of unbranched alkanes of at least 4 members (excludes halogenated alkanes) is 14. The van der Waals surface area contributed by atoms with Crippen molar-refractivity contribution < 1.29 is 19.1 Å². The number of hydrogen-bond donors (Lipinski definition) is 0. The van der Waals surface area contributed by atoms with Crippen molar-refractivity contribution in [3.63, 3.8) is 0 Å². The van der Waals surface area contributed by atoms with E-state index in [4.69, 9.17) is 0 Å². The number of ether oxygens (including phenoxy) is 2. The Hall–Kier alpha value is -0.580. The molecule has 0 aliphatic rings. The average Bonchev–Trinajstić information content (AvgIpc) is 2.74. The fraction of sp³-hybridized carbons (Fsp3) is 0.917. The Balaban J connectivity index is 0. The quantitative estimate of drug-likeness (QED) is 0.108. The second kappa shape index (κ2) is 27.4. The van der Waals surface area contributed by atoms with Gasteiger partial charge in [0, 0.05) is 18.2 Å². The molecular weight excluding hydrogens is 432 g/mol. The molecule has 0 aliphatic carbocycles. The van der Waals surface area contributed by atoms with Crippen molar-refractivity contribution in [1.82, 2.24) is 0 Å². The van der Waals surface area contributed by atoms with Crippen molar-refractivity contribution in [2.24, 2.45) is 0 Å². The third kappa shape index (κ3) is 29.7. The number of alkyl halides is 1. The number of hydrogen-bond acceptors (Lipinski definition) is 4. The maximum Gasteiger partial charge on any atom is 0.305 e. The number of methoxy groups -OCH3 is 2. The molecule has 0 saturated heterocycles. The van der Waals surface area contributed by atoms with Crippen LogP contribution in [0.1, 0.15) is 122 Å². The minimum atomic E-state index is -0.0766. The highest BCUT2D eigenvalue weighted by atomic mass is 79.9. The van der Waals surface area contributed by atoms with Crippen LogP contribution in [0.25, 0.3) is 0 Å². The summed E-state index contributed by atoms with van der Waals surface area (Å²) in [5.74, 6) is -0.150. The van der Waals surface area contributed by atoms with E-state index in [1.165, 1.54) is 97.7 Å². The first-order valence-corrected chi connectivity index (χ1v) is 12.9. The summed E-state index contributed by atoms with van der Waals surface area (Å²) in [6.45, 7) is 2.23. The van der Waals surface area contributed by atoms with Crippen LogP contribution in [0.2, 0.25) is 0 Å². The molecule has 29 heavy (non-hydrogen) atoms. The Morgan fingerprint density at radius 3 is 1.17 bits per heavy atom. The molecule has 0 N–H and O–H groups in total. The Labute approximate surface area is 189 Å². The number of carbonyl (C=O) groups excluding carboxylic acids is 2. The molecule has 0 heterocycles. The Kier molecular flexibility index (Phi) is 28.9. The van der Waals surface area contributed by atoms with E-state index in [1.54, 1.807) is 0 Å². The molecular formula is C24H47BrO4. The third-order valence-electron chi connectivity index (χ3n) is 4.95. The second-order valence-corrected chi connectivity index (χ2v) is 8.44. The molecule has 0 saturated carbocycles. The van der Waals surface area contributed by atoms with Crippen molar-refractivity contribution in [1.29, 1.82) is 0 Å². The Morgan fingerprint density at radius 1 is 0.552 bits per heavy atom. The molecule has 0 bridgehead atoms. The fourth-order valence-corrected chi connectivity index (χ4v) is 3.43. The average molecular weight is 480 g/mol. The minimum Gasteiger partial charge on any atom is -0.469 e. The van der Waals surface area contributed by atoms with Gasteiger partial charge in [0.2, 0.25) is 0 Å². The van der Waals surface area contributed by atoms with Gasteiger partial charge in [0.05, 0.1) is 14.2 Å². The summed E-state index contributed by atoms with van der Waals surface area (Å²) in [4.78, 5) is 21.6. The van der Waals surface area contributed by atoms with Crippen molar-refractivity contribution >= 4 is 27.9 Å². The van der Waals surface area contributed by atoms with Gasteiger partial charge in [0.25, 0.3) is 0 Å². The number of carbonyl (C=O) groups is 2. The van der Waals surface area contributed by atoms with Crippen LogP contribution in [0.5, 0.6) is 0 Å². The van der Waals surface area contributed by atoms with E-state index in [1.807, 2.05) is 0 Å². The van der Waals surface area contributed by atoms with Gasteiger partial charge in [-0.15, -0.1) is 0 Å². The highest BCUT2D eigenvalue weighted by Crippen LogP contribution is 2.11. The topological polar surface area (TPSA) is 52.6 Å². The standard InChI is InChI=1S/C12H23BrO2.C12H24O2/c1-15-12(14)10-8-6-4-2-3-5-7-9-11-13;1-3-4-5-6-7-8-9-10-11-12(13)14-2/h2-11H2,1H3;3-11H2,1-2H3. The maximum atomic E-state index is 10.8. The molecule has 0 aromatic rings. The summed E-state index contributed by atoms with van der Waals surface area (Å²) in [5, 5.41) is 1.13. The zero-order valence-corrected chi connectivity index (χ0v) is 21.0. The van der Waals surface area contributed by atoms with Crippen molar-refractivity contribution in [3.8, 4) is 0 Å². The molecule has 0 spiro atoms. The van der Waals surface area contributed by atoms with Gasteiger partial charge in [0.15, 0.2) is 0 Å². The van der Waals surface area contributed by atoms with Crippen LogP contribution in [0, 0.1) is 0 Å². The molecule has 0 amide bonds. The van der Waals surface area contributed by atoms with Crippen LogP contribution in [0.4, 0.5) is 0 Å². The summed E-state index contributed by atoms with van der Waals surface area (Å²) in [6, 6.07) is 0. The van der Waals surface area contributed by atoms with Crippen molar-refractivity contribution in [3.05, 3.63) is 0 Å². The lowest BCUT2D eigenvalue weighted by Gasteiger charge is -2.01. The minimum absolute atomic E-state index is 0.0732. The Bertz CT molecular complexity index is 348. The smallest absolute Gasteiger partial charge is 0.305 e. The zero-order chi connectivity index (χ0) is 22.0. The largest absolute Gasteiger partial charge is 0.469 e. The molecule has 5 heteroatoms. The highest BCUT2D eigenvalue weighted by Gasteiger charge is 1.99. The van der Waals surface area contributed by atoms with Crippen LogP contribution >= 0.6 is 15.9 Å². The van der Waals surface area contributed by atoms with E-state index in [-0.39, 0.29) is 11.9 Å². The summed E-state index contributed by atoms with van der Waals surface area (Å²) in [6.07, 6.45) is 21.3. The van der Waals surface area contributed by atoms with E-state index < -0.39 is 0 Å². The molecule has 0 rings (SSSR count). The molecule has 0 unspecified atom stereocenters. The predicted molar refractivity (Wildman–Crippen MR) is 127 cm³/mol. The summed E-state index contributed by atoms with van der Waals surface area (Å²) < 4.78 is 9.15. The van der Waals surface area contributed by atoms with E-state index in [0.29, 0.717) is 12.8 Å². The van der Waals surface area contributed by atoms with Crippen LogP contribution in [0.15, 0.2) is 0 Å². The van der Waals surface area contributed by atoms with Crippen LogP contribution in [-0.4, -0.2) is 31.5 Å². The first-order valence-electron chi connectivity index (χ1n) is 11.8. The van der Waals surface area contributed by atoms with Gasteiger partial charge in [-0.2, -0.15) is 0 Å². The zero-order valence-electron chi connectivity index (χ0n) is 19.4. The fourth-order valence-electron chi connectivity index (χ4n) is 3.03.